The average Bonchev–Trinajstić information content (AvgIpc) is 2.37. The lowest BCUT2D eigenvalue weighted by molar-refractivity contribution is -0.123. The summed E-state index contributed by atoms with van der Waals surface area (Å²) in [5, 5.41) is 15.1. The summed E-state index contributed by atoms with van der Waals surface area (Å²) in [6.07, 6.45) is 0.793. The molecule has 0 aromatic heterocycles. The minimum atomic E-state index is -0.190. The third kappa shape index (κ3) is 2.58. The van der Waals surface area contributed by atoms with Gasteiger partial charge in [0.2, 0.25) is 5.91 Å². The van der Waals surface area contributed by atoms with Crippen molar-refractivity contribution in [3.05, 3.63) is 29.8 Å². The molecular weight excluding hydrogens is 216 g/mol. The predicted molar refractivity (Wildman–Crippen MR) is 67.0 cm³/mol. The van der Waals surface area contributed by atoms with Crippen LogP contribution in [-0.2, 0) is 4.79 Å². The number of carbonyl (C=O) groups excluding carboxylic acids is 1. The van der Waals surface area contributed by atoms with Crippen molar-refractivity contribution in [1.29, 1.82) is 0 Å². The summed E-state index contributed by atoms with van der Waals surface area (Å²) in [6, 6.07) is 7.69. The Labute approximate surface area is 101 Å². The molecular formula is C13H18N2O2. The Hall–Kier alpha value is -1.55. The standard InChI is InChI=1S/C13H18N2O2/c1-9(8-16)15-13(17)11-6-7-14-12-5-3-2-4-10(11)12/h2-5,9,11,14,16H,6-8H2,1H3,(H,15,17)/t9-,11?/m1/s1. The number of benzene rings is 1. The van der Waals surface area contributed by atoms with E-state index in [0.717, 1.165) is 24.2 Å². The molecule has 0 saturated heterocycles. The molecule has 0 fully saturated rings. The van der Waals surface area contributed by atoms with E-state index in [-0.39, 0.29) is 24.5 Å². The van der Waals surface area contributed by atoms with Crippen LogP contribution in [0.25, 0.3) is 0 Å². The van der Waals surface area contributed by atoms with Crippen molar-refractivity contribution in [3.63, 3.8) is 0 Å². The maximum atomic E-state index is 12.1. The summed E-state index contributed by atoms with van der Waals surface area (Å²) >= 11 is 0. The molecule has 4 nitrogen and oxygen atoms in total. The zero-order chi connectivity index (χ0) is 12.3. The largest absolute Gasteiger partial charge is 0.394 e. The van der Waals surface area contributed by atoms with Gasteiger partial charge in [0.1, 0.15) is 0 Å². The number of carbonyl (C=O) groups is 1. The first-order chi connectivity index (χ1) is 8.22. The third-order valence-electron chi connectivity index (χ3n) is 3.06. The van der Waals surface area contributed by atoms with Gasteiger partial charge in [-0.25, -0.2) is 0 Å². The maximum absolute atomic E-state index is 12.1. The first-order valence-electron chi connectivity index (χ1n) is 5.96. The molecule has 2 atom stereocenters. The summed E-state index contributed by atoms with van der Waals surface area (Å²) in [4.78, 5) is 12.1. The molecule has 0 saturated carbocycles. The van der Waals surface area contributed by atoms with Gasteiger partial charge < -0.3 is 15.7 Å². The van der Waals surface area contributed by atoms with Crippen molar-refractivity contribution >= 4 is 11.6 Å². The second-order valence-electron chi connectivity index (χ2n) is 4.45. The molecule has 0 spiro atoms. The molecule has 17 heavy (non-hydrogen) atoms. The Kier molecular flexibility index (Phi) is 3.64. The number of rotatable bonds is 3. The highest BCUT2D eigenvalue weighted by Gasteiger charge is 2.26. The molecule has 1 aliphatic heterocycles. The van der Waals surface area contributed by atoms with E-state index in [2.05, 4.69) is 10.6 Å². The molecule has 1 amide bonds. The highest BCUT2D eigenvalue weighted by molar-refractivity contribution is 5.86. The van der Waals surface area contributed by atoms with E-state index in [1.807, 2.05) is 24.3 Å². The normalized spacial score (nSPS) is 20.0. The van der Waals surface area contributed by atoms with Gasteiger partial charge >= 0.3 is 0 Å². The van der Waals surface area contributed by atoms with Crippen LogP contribution in [0.1, 0.15) is 24.8 Å². The zero-order valence-electron chi connectivity index (χ0n) is 9.94. The molecule has 1 heterocycles. The highest BCUT2D eigenvalue weighted by atomic mass is 16.3. The van der Waals surface area contributed by atoms with Gasteiger partial charge in [-0.15, -0.1) is 0 Å². The molecule has 1 aromatic rings. The van der Waals surface area contributed by atoms with Gasteiger partial charge in [-0.3, -0.25) is 4.79 Å². The van der Waals surface area contributed by atoms with Crippen LogP contribution in [0.5, 0.6) is 0 Å². The van der Waals surface area contributed by atoms with Crippen LogP contribution in [0.3, 0.4) is 0 Å². The van der Waals surface area contributed by atoms with Crippen molar-refractivity contribution in [2.45, 2.75) is 25.3 Å². The summed E-state index contributed by atoms with van der Waals surface area (Å²) in [7, 11) is 0. The molecule has 3 N–H and O–H groups in total. The van der Waals surface area contributed by atoms with Gasteiger partial charge in [-0.2, -0.15) is 0 Å². The number of fused-ring (bicyclic) bond motifs is 1. The van der Waals surface area contributed by atoms with Crippen LogP contribution in [0.2, 0.25) is 0 Å². The summed E-state index contributed by atoms with van der Waals surface area (Å²) < 4.78 is 0. The molecule has 0 bridgehead atoms. The quantitative estimate of drug-likeness (QED) is 0.733. The van der Waals surface area contributed by atoms with Crippen LogP contribution in [0, 0.1) is 0 Å². The molecule has 1 aromatic carbocycles. The Morgan fingerprint density at radius 3 is 3.12 bits per heavy atom. The zero-order valence-corrected chi connectivity index (χ0v) is 9.94. The van der Waals surface area contributed by atoms with E-state index in [9.17, 15) is 4.79 Å². The molecule has 92 valence electrons. The number of amides is 1. The Morgan fingerprint density at radius 2 is 2.35 bits per heavy atom. The Balaban J connectivity index is 2.15. The van der Waals surface area contributed by atoms with Crippen LogP contribution in [0.15, 0.2) is 24.3 Å². The maximum Gasteiger partial charge on any atom is 0.227 e. The lowest BCUT2D eigenvalue weighted by Gasteiger charge is -2.26. The van der Waals surface area contributed by atoms with E-state index in [1.165, 1.54) is 0 Å². The lowest BCUT2D eigenvalue weighted by atomic mass is 9.90. The Bertz CT molecular complexity index is 406. The van der Waals surface area contributed by atoms with Crippen LogP contribution in [-0.4, -0.2) is 30.2 Å². The number of hydrogen-bond donors (Lipinski definition) is 3. The van der Waals surface area contributed by atoms with Crippen molar-refractivity contribution in [2.24, 2.45) is 0 Å². The molecule has 0 aliphatic carbocycles. The van der Waals surface area contributed by atoms with E-state index in [1.54, 1.807) is 6.92 Å². The SMILES string of the molecule is C[C@H](CO)NC(=O)C1CCNc2ccccc21. The first-order valence-corrected chi connectivity index (χ1v) is 5.96. The third-order valence-corrected chi connectivity index (χ3v) is 3.06. The van der Waals surface area contributed by atoms with Gasteiger partial charge in [0.15, 0.2) is 0 Å². The van der Waals surface area contributed by atoms with Crippen LogP contribution in [0.4, 0.5) is 5.69 Å². The number of anilines is 1. The second kappa shape index (κ2) is 5.19. The van der Waals surface area contributed by atoms with Crippen molar-refractivity contribution in [2.75, 3.05) is 18.5 Å². The van der Waals surface area contributed by atoms with E-state index in [0.29, 0.717) is 0 Å². The summed E-state index contributed by atoms with van der Waals surface area (Å²) in [5.74, 6) is -0.109. The summed E-state index contributed by atoms with van der Waals surface area (Å²) in [5.41, 5.74) is 2.08. The van der Waals surface area contributed by atoms with Gasteiger partial charge in [0, 0.05) is 18.3 Å². The minimum Gasteiger partial charge on any atom is -0.394 e. The lowest BCUT2D eigenvalue weighted by Crippen LogP contribution is -2.39. The molecule has 1 unspecified atom stereocenters. The van der Waals surface area contributed by atoms with Crippen molar-refractivity contribution in [3.8, 4) is 0 Å². The van der Waals surface area contributed by atoms with Crippen molar-refractivity contribution in [1.82, 2.24) is 5.32 Å². The van der Waals surface area contributed by atoms with Crippen molar-refractivity contribution < 1.29 is 9.90 Å². The van der Waals surface area contributed by atoms with Gasteiger partial charge in [-0.05, 0) is 25.0 Å². The topological polar surface area (TPSA) is 61.4 Å². The highest BCUT2D eigenvalue weighted by Crippen LogP contribution is 2.31. The first kappa shape index (κ1) is 11.9. The van der Waals surface area contributed by atoms with E-state index < -0.39 is 0 Å². The molecule has 4 heteroatoms. The number of para-hydroxylation sites is 1. The van der Waals surface area contributed by atoms with Gasteiger partial charge in [0.05, 0.1) is 12.5 Å². The van der Waals surface area contributed by atoms with E-state index >= 15 is 0 Å². The second-order valence-corrected chi connectivity index (χ2v) is 4.45. The molecule has 2 rings (SSSR count). The van der Waals surface area contributed by atoms with Gasteiger partial charge in [0.25, 0.3) is 0 Å². The smallest absolute Gasteiger partial charge is 0.227 e. The minimum absolute atomic E-state index is 0.000463. The number of nitrogens with one attached hydrogen (secondary N) is 2. The van der Waals surface area contributed by atoms with E-state index in [4.69, 9.17) is 5.11 Å². The predicted octanol–water partition coefficient (Wildman–Crippen LogP) is 1.08. The number of aliphatic hydroxyl groups is 1. The number of hydrogen-bond acceptors (Lipinski definition) is 3. The summed E-state index contributed by atoms with van der Waals surface area (Å²) in [6.45, 7) is 2.58. The number of aliphatic hydroxyl groups excluding tert-OH is 1. The fourth-order valence-corrected chi connectivity index (χ4v) is 2.13. The van der Waals surface area contributed by atoms with Crippen LogP contribution < -0.4 is 10.6 Å². The monoisotopic (exact) mass is 234 g/mol. The fourth-order valence-electron chi connectivity index (χ4n) is 2.13. The van der Waals surface area contributed by atoms with Gasteiger partial charge in [-0.1, -0.05) is 18.2 Å². The fraction of sp³-hybridized carbons (Fsp3) is 0.462. The molecule has 0 radical (unpaired) electrons. The molecule has 1 aliphatic rings. The Morgan fingerprint density at radius 1 is 1.59 bits per heavy atom. The van der Waals surface area contributed by atoms with Crippen LogP contribution >= 0.6 is 0 Å². The average molecular weight is 234 g/mol.